The standard InChI is InChI=1S/C16H20F3N5O/c1-2-7-21-15(25)23-9-5-11(6-10-23)24-13-12(4-3-8-20-13)22-14(24)16(17,18)19/h3-4,8,11H,2,5-7,9-10H2,1H3,(H,21,25). The quantitative estimate of drug-likeness (QED) is 0.920. The number of hydrogen-bond acceptors (Lipinski definition) is 3. The molecule has 0 saturated carbocycles. The molecular formula is C16H20F3N5O. The molecule has 2 aromatic rings. The summed E-state index contributed by atoms with van der Waals surface area (Å²) in [5.41, 5.74) is 0.474. The van der Waals surface area contributed by atoms with E-state index in [-0.39, 0.29) is 23.2 Å². The molecule has 1 N–H and O–H groups in total. The van der Waals surface area contributed by atoms with Crippen LogP contribution in [0.15, 0.2) is 18.3 Å². The minimum Gasteiger partial charge on any atom is -0.338 e. The molecule has 1 aliphatic rings. The lowest BCUT2D eigenvalue weighted by atomic mass is 10.0. The maximum absolute atomic E-state index is 13.4. The van der Waals surface area contributed by atoms with Gasteiger partial charge in [0.25, 0.3) is 0 Å². The third-order valence-electron chi connectivity index (χ3n) is 4.35. The molecule has 0 unspecified atom stereocenters. The molecular weight excluding hydrogens is 335 g/mol. The van der Waals surface area contributed by atoms with Crippen molar-refractivity contribution < 1.29 is 18.0 Å². The zero-order valence-corrected chi connectivity index (χ0v) is 13.9. The van der Waals surface area contributed by atoms with Crippen LogP contribution in [0.1, 0.15) is 38.1 Å². The van der Waals surface area contributed by atoms with Gasteiger partial charge in [-0.15, -0.1) is 0 Å². The molecule has 0 aromatic carbocycles. The summed E-state index contributed by atoms with van der Waals surface area (Å²) in [5, 5.41) is 2.79. The monoisotopic (exact) mass is 355 g/mol. The van der Waals surface area contributed by atoms with E-state index in [0.717, 1.165) is 6.42 Å². The molecule has 2 amide bonds. The van der Waals surface area contributed by atoms with Crippen LogP contribution in [-0.4, -0.2) is 45.1 Å². The van der Waals surface area contributed by atoms with E-state index in [0.29, 0.717) is 32.5 Å². The number of rotatable bonds is 3. The molecule has 0 radical (unpaired) electrons. The zero-order chi connectivity index (χ0) is 18.0. The van der Waals surface area contributed by atoms with E-state index in [2.05, 4.69) is 15.3 Å². The van der Waals surface area contributed by atoms with Crippen LogP contribution >= 0.6 is 0 Å². The van der Waals surface area contributed by atoms with Gasteiger partial charge in [-0.25, -0.2) is 14.8 Å². The topological polar surface area (TPSA) is 63.1 Å². The van der Waals surface area contributed by atoms with E-state index in [9.17, 15) is 18.0 Å². The summed E-state index contributed by atoms with van der Waals surface area (Å²) < 4.78 is 41.4. The number of alkyl halides is 3. The summed E-state index contributed by atoms with van der Waals surface area (Å²) in [5.74, 6) is -0.921. The Labute approximate surface area is 143 Å². The molecule has 25 heavy (non-hydrogen) atoms. The molecule has 3 rings (SSSR count). The summed E-state index contributed by atoms with van der Waals surface area (Å²) in [6.07, 6.45) is -1.37. The van der Waals surface area contributed by atoms with Crippen LogP contribution in [0.3, 0.4) is 0 Å². The maximum atomic E-state index is 13.4. The highest BCUT2D eigenvalue weighted by atomic mass is 19.4. The van der Waals surface area contributed by atoms with Crippen LogP contribution in [-0.2, 0) is 6.18 Å². The van der Waals surface area contributed by atoms with Crippen molar-refractivity contribution in [2.24, 2.45) is 0 Å². The van der Waals surface area contributed by atoms with Crippen LogP contribution < -0.4 is 5.32 Å². The van der Waals surface area contributed by atoms with Crippen molar-refractivity contribution in [3.8, 4) is 0 Å². The molecule has 0 aliphatic carbocycles. The second-order valence-corrected chi connectivity index (χ2v) is 6.10. The van der Waals surface area contributed by atoms with Crippen molar-refractivity contribution in [3.63, 3.8) is 0 Å². The number of pyridine rings is 1. The Kier molecular flexibility index (Phi) is 4.82. The van der Waals surface area contributed by atoms with E-state index in [1.165, 1.54) is 16.8 Å². The molecule has 9 heteroatoms. The Bertz CT molecular complexity index is 750. The largest absolute Gasteiger partial charge is 0.449 e. The van der Waals surface area contributed by atoms with Gasteiger partial charge >= 0.3 is 12.2 Å². The number of carbonyl (C=O) groups is 1. The van der Waals surface area contributed by atoms with E-state index >= 15 is 0 Å². The van der Waals surface area contributed by atoms with Gasteiger partial charge in [-0.3, -0.25) is 0 Å². The van der Waals surface area contributed by atoms with E-state index in [1.54, 1.807) is 11.0 Å². The first-order valence-electron chi connectivity index (χ1n) is 8.34. The molecule has 1 aliphatic heterocycles. The van der Waals surface area contributed by atoms with Crippen molar-refractivity contribution in [1.82, 2.24) is 24.8 Å². The van der Waals surface area contributed by atoms with Crippen molar-refractivity contribution in [2.45, 2.75) is 38.4 Å². The number of urea groups is 1. The zero-order valence-electron chi connectivity index (χ0n) is 13.9. The fraction of sp³-hybridized carbons (Fsp3) is 0.562. The van der Waals surface area contributed by atoms with E-state index in [1.807, 2.05) is 6.92 Å². The average molecular weight is 355 g/mol. The second-order valence-electron chi connectivity index (χ2n) is 6.10. The summed E-state index contributed by atoms with van der Waals surface area (Å²) in [6, 6.07) is 2.55. The number of halogens is 3. The normalized spacial score (nSPS) is 16.4. The molecule has 0 bridgehead atoms. The van der Waals surface area contributed by atoms with Crippen LogP contribution in [0.4, 0.5) is 18.0 Å². The first-order chi connectivity index (χ1) is 11.9. The van der Waals surface area contributed by atoms with Gasteiger partial charge in [0, 0.05) is 31.9 Å². The van der Waals surface area contributed by atoms with Crippen LogP contribution in [0, 0.1) is 0 Å². The van der Waals surface area contributed by atoms with E-state index in [4.69, 9.17) is 0 Å². The predicted octanol–water partition coefficient (Wildman–Crippen LogP) is 3.21. The first kappa shape index (κ1) is 17.5. The molecule has 1 fully saturated rings. The first-order valence-corrected chi connectivity index (χ1v) is 8.34. The molecule has 1 saturated heterocycles. The van der Waals surface area contributed by atoms with Crippen LogP contribution in [0.25, 0.3) is 11.2 Å². The molecule has 0 atom stereocenters. The van der Waals surface area contributed by atoms with Gasteiger partial charge in [0.15, 0.2) is 5.65 Å². The number of piperidine rings is 1. The summed E-state index contributed by atoms with van der Waals surface area (Å²) in [7, 11) is 0. The summed E-state index contributed by atoms with van der Waals surface area (Å²) in [4.78, 5) is 21.5. The Balaban J connectivity index is 1.82. The molecule has 0 spiro atoms. The second kappa shape index (κ2) is 6.89. The fourth-order valence-corrected chi connectivity index (χ4v) is 3.15. The van der Waals surface area contributed by atoms with Gasteiger partial charge in [0.1, 0.15) is 5.52 Å². The third kappa shape index (κ3) is 3.54. The number of hydrogen-bond donors (Lipinski definition) is 1. The molecule has 3 heterocycles. The summed E-state index contributed by atoms with van der Waals surface area (Å²) >= 11 is 0. The number of carbonyl (C=O) groups excluding carboxylic acids is 1. The Morgan fingerprint density at radius 3 is 2.72 bits per heavy atom. The minimum atomic E-state index is -4.55. The highest BCUT2D eigenvalue weighted by Crippen LogP contribution is 2.36. The highest BCUT2D eigenvalue weighted by Gasteiger charge is 2.40. The van der Waals surface area contributed by atoms with Crippen LogP contribution in [0.5, 0.6) is 0 Å². The lowest BCUT2D eigenvalue weighted by Crippen LogP contribution is -2.45. The molecule has 2 aromatic heterocycles. The van der Waals surface area contributed by atoms with E-state index < -0.39 is 12.0 Å². The molecule has 6 nitrogen and oxygen atoms in total. The van der Waals surface area contributed by atoms with Crippen molar-refractivity contribution >= 4 is 17.2 Å². The number of imidazole rings is 1. The smallest absolute Gasteiger partial charge is 0.338 e. The average Bonchev–Trinajstić information content (AvgIpc) is 3.00. The van der Waals surface area contributed by atoms with Gasteiger partial charge < -0.3 is 14.8 Å². The fourth-order valence-electron chi connectivity index (χ4n) is 3.15. The van der Waals surface area contributed by atoms with Gasteiger partial charge in [0.05, 0.1) is 0 Å². The lowest BCUT2D eigenvalue weighted by Gasteiger charge is -2.33. The number of nitrogens with one attached hydrogen (secondary N) is 1. The number of likely N-dealkylation sites (tertiary alicyclic amines) is 1. The van der Waals surface area contributed by atoms with Gasteiger partial charge in [-0.1, -0.05) is 6.92 Å². The van der Waals surface area contributed by atoms with Gasteiger partial charge in [0.2, 0.25) is 5.82 Å². The Morgan fingerprint density at radius 1 is 1.36 bits per heavy atom. The Hall–Kier alpha value is -2.32. The van der Waals surface area contributed by atoms with Crippen molar-refractivity contribution in [2.75, 3.05) is 19.6 Å². The van der Waals surface area contributed by atoms with Gasteiger partial charge in [-0.05, 0) is 31.4 Å². The number of amides is 2. The maximum Gasteiger partial charge on any atom is 0.449 e. The van der Waals surface area contributed by atoms with Crippen LogP contribution in [0.2, 0.25) is 0 Å². The SMILES string of the molecule is CCCNC(=O)N1CCC(n2c(C(F)(F)F)nc3cccnc32)CC1. The lowest BCUT2D eigenvalue weighted by molar-refractivity contribution is -0.147. The Morgan fingerprint density at radius 2 is 2.08 bits per heavy atom. The number of fused-ring (bicyclic) bond motifs is 1. The highest BCUT2D eigenvalue weighted by molar-refractivity contribution is 5.74. The predicted molar refractivity (Wildman–Crippen MR) is 86.1 cm³/mol. The number of nitrogens with zero attached hydrogens (tertiary/aromatic N) is 4. The molecule has 136 valence electrons. The van der Waals surface area contributed by atoms with Gasteiger partial charge in [-0.2, -0.15) is 13.2 Å². The summed E-state index contributed by atoms with van der Waals surface area (Å²) in [6.45, 7) is 3.36. The minimum absolute atomic E-state index is 0.162. The number of aromatic nitrogens is 3. The van der Waals surface area contributed by atoms with Crippen molar-refractivity contribution in [3.05, 3.63) is 24.2 Å². The third-order valence-corrected chi connectivity index (χ3v) is 4.35. The van der Waals surface area contributed by atoms with Crippen molar-refractivity contribution in [1.29, 1.82) is 0 Å².